The van der Waals surface area contributed by atoms with E-state index in [4.69, 9.17) is 0 Å². The molecule has 0 saturated heterocycles. The van der Waals surface area contributed by atoms with Gasteiger partial charge in [0.15, 0.2) is 11.6 Å². The molecular weight excluding hydrogens is 247 g/mol. The first-order valence-electron chi connectivity index (χ1n) is 6.64. The molecule has 19 heavy (non-hydrogen) atoms. The standard InChI is InChI=1S/C13H21FN4O/c1-4-10-12(14)13(17-9-16-10)15-8-7-11(19)18(5-2)6-3/h9H,4-8H2,1-3H3,(H,15,16,17). The highest BCUT2D eigenvalue weighted by Crippen LogP contribution is 2.13. The Morgan fingerprint density at radius 1 is 1.32 bits per heavy atom. The van der Waals surface area contributed by atoms with Gasteiger partial charge in [-0.15, -0.1) is 0 Å². The summed E-state index contributed by atoms with van der Waals surface area (Å²) >= 11 is 0. The molecule has 1 aromatic rings. The van der Waals surface area contributed by atoms with E-state index < -0.39 is 5.82 Å². The summed E-state index contributed by atoms with van der Waals surface area (Å²) in [7, 11) is 0. The van der Waals surface area contributed by atoms with Crippen LogP contribution in [0.3, 0.4) is 0 Å². The van der Waals surface area contributed by atoms with E-state index in [1.165, 1.54) is 6.33 Å². The second-order valence-corrected chi connectivity index (χ2v) is 4.08. The Kier molecular flexibility index (Phi) is 6.18. The first-order valence-corrected chi connectivity index (χ1v) is 6.64. The molecule has 0 aromatic carbocycles. The van der Waals surface area contributed by atoms with Gasteiger partial charge in [-0.3, -0.25) is 4.79 Å². The van der Waals surface area contributed by atoms with Crippen LogP contribution >= 0.6 is 0 Å². The van der Waals surface area contributed by atoms with Gasteiger partial charge in [0.2, 0.25) is 5.91 Å². The van der Waals surface area contributed by atoms with Crippen molar-refractivity contribution in [1.82, 2.24) is 14.9 Å². The van der Waals surface area contributed by atoms with Crippen molar-refractivity contribution in [3.8, 4) is 0 Å². The first-order chi connectivity index (χ1) is 9.13. The van der Waals surface area contributed by atoms with E-state index in [1.54, 1.807) is 4.90 Å². The van der Waals surface area contributed by atoms with Crippen molar-refractivity contribution in [3.63, 3.8) is 0 Å². The predicted octanol–water partition coefficient (Wildman–Crippen LogP) is 1.85. The number of halogens is 1. The van der Waals surface area contributed by atoms with Gasteiger partial charge in [0.25, 0.3) is 0 Å². The zero-order chi connectivity index (χ0) is 14.3. The molecule has 0 unspecified atom stereocenters. The summed E-state index contributed by atoms with van der Waals surface area (Å²) in [5, 5.41) is 2.85. The molecule has 0 fully saturated rings. The number of aromatic nitrogens is 2. The molecule has 0 aliphatic carbocycles. The molecule has 0 spiro atoms. The van der Waals surface area contributed by atoms with Gasteiger partial charge in [0, 0.05) is 26.1 Å². The van der Waals surface area contributed by atoms with Crippen LogP contribution in [0.4, 0.5) is 10.2 Å². The fourth-order valence-corrected chi connectivity index (χ4v) is 1.80. The molecule has 6 heteroatoms. The monoisotopic (exact) mass is 268 g/mol. The minimum atomic E-state index is -0.430. The summed E-state index contributed by atoms with van der Waals surface area (Å²) in [5.74, 6) is -0.206. The molecule has 1 rings (SSSR count). The average molecular weight is 268 g/mol. The van der Waals surface area contributed by atoms with E-state index in [9.17, 15) is 9.18 Å². The third-order valence-corrected chi connectivity index (χ3v) is 2.94. The zero-order valence-corrected chi connectivity index (χ0v) is 11.7. The van der Waals surface area contributed by atoms with Crippen molar-refractivity contribution < 1.29 is 9.18 Å². The average Bonchev–Trinajstić information content (AvgIpc) is 2.42. The molecule has 5 nitrogen and oxygen atoms in total. The quantitative estimate of drug-likeness (QED) is 0.820. The number of carbonyl (C=O) groups excluding carboxylic acids is 1. The number of nitrogens with one attached hydrogen (secondary N) is 1. The summed E-state index contributed by atoms with van der Waals surface area (Å²) in [6.45, 7) is 7.46. The fraction of sp³-hybridized carbons (Fsp3) is 0.615. The molecular formula is C13H21FN4O. The second-order valence-electron chi connectivity index (χ2n) is 4.08. The SMILES string of the molecule is CCc1ncnc(NCCC(=O)N(CC)CC)c1F. The normalized spacial score (nSPS) is 10.3. The molecule has 0 aliphatic heterocycles. The topological polar surface area (TPSA) is 58.1 Å². The van der Waals surface area contributed by atoms with E-state index in [1.807, 2.05) is 20.8 Å². The van der Waals surface area contributed by atoms with Gasteiger partial charge in [-0.25, -0.2) is 14.4 Å². The number of anilines is 1. The second kappa shape index (κ2) is 7.66. The molecule has 1 amide bonds. The van der Waals surface area contributed by atoms with E-state index in [-0.39, 0.29) is 11.7 Å². The minimum absolute atomic E-state index is 0.0580. The number of nitrogens with zero attached hydrogens (tertiary/aromatic N) is 3. The summed E-state index contributed by atoms with van der Waals surface area (Å²) in [6, 6.07) is 0. The number of hydrogen-bond donors (Lipinski definition) is 1. The van der Waals surface area contributed by atoms with Gasteiger partial charge in [0.1, 0.15) is 6.33 Å². The zero-order valence-electron chi connectivity index (χ0n) is 11.7. The van der Waals surface area contributed by atoms with Crippen LogP contribution in [0.1, 0.15) is 32.9 Å². The van der Waals surface area contributed by atoms with Crippen LogP contribution in [0, 0.1) is 5.82 Å². The summed E-state index contributed by atoms with van der Waals surface area (Å²) in [6.07, 6.45) is 2.17. The van der Waals surface area contributed by atoms with Gasteiger partial charge in [0.05, 0.1) is 5.69 Å². The maximum absolute atomic E-state index is 13.8. The van der Waals surface area contributed by atoms with Gasteiger partial charge in [-0.2, -0.15) is 0 Å². The Bertz CT molecular complexity index is 421. The molecule has 0 aliphatic rings. The van der Waals surface area contributed by atoms with Crippen LogP contribution in [0.5, 0.6) is 0 Å². The number of hydrogen-bond acceptors (Lipinski definition) is 4. The van der Waals surface area contributed by atoms with Gasteiger partial charge in [-0.05, 0) is 20.3 Å². The number of rotatable bonds is 7. The lowest BCUT2D eigenvalue weighted by atomic mass is 10.3. The Hall–Kier alpha value is -1.72. The number of carbonyl (C=O) groups is 1. The van der Waals surface area contributed by atoms with Gasteiger partial charge >= 0.3 is 0 Å². The van der Waals surface area contributed by atoms with Crippen molar-refractivity contribution in [2.75, 3.05) is 25.0 Å². The van der Waals surface area contributed by atoms with Crippen molar-refractivity contribution in [2.24, 2.45) is 0 Å². The van der Waals surface area contributed by atoms with E-state index in [2.05, 4.69) is 15.3 Å². The van der Waals surface area contributed by atoms with Crippen LogP contribution in [-0.2, 0) is 11.2 Å². The largest absolute Gasteiger partial charge is 0.367 e. The van der Waals surface area contributed by atoms with Crippen LogP contribution < -0.4 is 5.32 Å². The van der Waals surface area contributed by atoms with E-state index in [0.29, 0.717) is 38.2 Å². The molecule has 1 N–H and O–H groups in total. The van der Waals surface area contributed by atoms with Crippen LogP contribution in [-0.4, -0.2) is 40.4 Å². The lowest BCUT2D eigenvalue weighted by Gasteiger charge is -2.18. The van der Waals surface area contributed by atoms with Crippen molar-refractivity contribution in [3.05, 3.63) is 17.8 Å². The fourth-order valence-electron chi connectivity index (χ4n) is 1.80. The maximum atomic E-state index is 13.8. The summed E-state index contributed by atoms with van der Waals surface area (Å²) < 4.78 is 13.8. The molecule has 1 aromatic heterocycles. The van der Waals surface area contributed by atoms with E-state index >= 15 is 0 Å². The lowest BCUT2D eigenvalue weighted by molar-refractivity contribution is -0.130. The number of aryl methyl sites for hydroxylation is 1. The highest BCUT2D eigenvalue weighted by Gasteiger charge is 2.11. The molecule has 1 heterocycles. The van der Waals surface area contributed by atoms with Gasteiger partial charge < -0.3 is 10.2 Å². The first kappa shape index (κ1) is 15.3. The van der Waals surface area contributed by atoms with Crippen LogP contribution in [0.2, 0.25) is 0 Å². The number of amides is 1. The predicted molar refractivity (Wildman–Crippen MR) is 72.4 cm³/mol. The molecule has 0 saturated carbocycles. The highest BCUT2D eigenvalue weighted by atomic mass is 19.1. The van der Waals surface area contributed by atoms with Crippen LogP contribution in [0.15, 0.2) is 6.33 Å². The van der Waals surface area contributed by atoms with Crippen molar-refractivity contribution in [1.29, 1.82) is 0 Å². The Morgan fingerprint density at radius 3 is 2.58 bits per heavy atom. The Labute approximate surface area is 113 Å². The lowest BCUT2D eigenvalue weighted by Crippen LogP contribution is -2.31. The molecule has 0 bridgehead atoms. The molecule has 106 valence electrons. The third kappa shape index (κ3) is 4.15. The minimum Gasteiger partial charge on any atom is -0.367 e. The smallest absolute Gasteiger partial charge is 0.224 e. The van der Waals surface area contributed by atoms with Crippen molar-refractivity contribution >= 4 is 11.7 Å². The molecule has 0 atom stereocenters. The third-order valence-electron chi connectivity index (χ3n) is 2.94. The van der Waals surface area contributed by atoms with Gasteiger partial charge in [-0.1, -0.05) is 6.92 Å². The summed E-state index contributed by atoms with van der Waals surface area (Å²) in [5.41, 5.74) is 0.382. The summed E-state index contributed by atoms with van der Waals surface area (Å²) in [4.78, 5) is 21.2. The Morgan fingerprint density at radius 2 is 2.00 bits per heavy atom. The van der Waals surface area contributed by atoms with Crippen LogP contribution in [0.25, 0.3) is 0 Å². The Balaban J connectivity index is 2.52. The van der Waals surface area contributed by atoms with E-state index in [0.717, 1.165) is 0 Å². The highest BCUT2D eigenvalue weighted by molar-refractivity contribution is 5.76. The molecule has 0 radical (unpaired) electrons. The van der Waals surface area contributed by atoms with Crippen molar-refractivity contribution in [2.45, 2.75) is 33.6 Å². The maximum Gasteiger partial charge on any atom is 0.224 e.